The van der Waals surface area contributed by atoms with Crippen LogP contribution in [0.15, 0.2) is 49.1 Å². The Balaban J connectivity index is 2.34. The molecule has 0 spiro atoms. The van der Waals surface area contributed by atoms with Gasteiger partial charge in [0.05, 0.1) is 0 Å². The Morgan fingerprint density at radius 1 is 1.15 bits per heavy atom. The van der Waals surface area contributed by atoms with Gasteiger partial charge >= 0.3 is 0 Å². The zero-order valence-corrected chi connectivity index (χ0v) is 12.0. The summed E-state index contributed by atoms with van der Waals surface area (Å²) in [6.07, 6.45) is 15.6. The Morgan fingerprint density at radius 3 is 2.45 bits per heavy atom. The molecule has 20 heavy (non-hydrogen) atoms. The predicted molar refractivity (Wildman–Crippen MR) is 81.1 cm³/mol. The largest absolute Gasteiger partial charge is 0.295 e. The van der Waals surface area contributed by atoms with Crippen molar-refractivity contribution in [3.05, 3.63) is 49.1 Å². The van der Waals surface area contributed by atoms with Crippen LogP contribution in [0.4, 0.5) is 0 Å². The molecule has 2 nitrogen and oxygen atoms in total. The van der Waals surface area contributed by atoms with Gasteiger partial charge in [-0.05, 0) is 50.2 Å². The van der Waals surface area contributed by atoms with Crippen LogP contribution in [-0.2, 0) is 9.59 Å². The van der Waals surface area contributed by atoms with Gasteiger partial charge in [-0.25, -0.2) is 0 Å². The number of hydrogen-bond donors (Lipinski definition) is 0. The van der Waals surface area contributed by atoms with Crippen molar-refractivity contribution in [3.8, 4) is 0 Å². The molecule has 0 bridgehead atoms. The Morgan fingerprint density at radius 2 is 1.80 bits per heavy atom. The van der Waals surface area contributed by atoms with Crippen molar-refractivity contribution in [3.63, 3.8) is 0 Å². The summed E-state index contributed by atoms with van der Waals surface area (Å²) in [7, 11) is 0. The van der Waals surface area contributed by atoms with E-state index in [1.165, 1.54) is 0 Å². The van der Waals surface area contributed by atoms with Gasteiger partial charge in [0.15, 0.2) is 11.6 Å². The van der Waals surface area contributed by atoms with Crippen LogP contribution in [0.5, 0.6) is 0 Å². The van der Waals surface area contributed by atoms with Gasteiger partial charge < -0.3 is 0 Å². The van der Waals surface area contributed by atoms with Gasteiger partial charge in [-0.2, -0.15) is 0 Å². The Hall–Kier alpha value is -1.70. The summed E-state index contributed by atoms with van der Waals surface area (Å²) < 4.78 is 0. The Kier molecular flexibility index (Phi) is 4.89. The van der Waals surface area contributed by atoms with Gasteiger partial charge in [0.2, 0.25) is 0 Å². The summed E-state index contributed by atoms with van der Waals surface area (Å²) >= 11 is 0. The minimum absolute atomic E-state index is 0.0991. The lowest BCUT2D eigenvalue weighted by atomic mass is 9.65. The normalized spacial score (nSPS) is 33.9. The minimum atomic E-state index is -0.210. The summed E-state index contributed by atoms with van der Waals surface area (Å²) in [5.41, 5.74) is 0. The third-order valence-corrected chi connectivity index (χ3v) is 4.33. The molecule has 0 aromatic rings. The number of ketones is 2. The second-order valence-electron chi connectivity index (χ2n) is 5.61. The van der Waals surface area contributed by atoms with Crippen LogP contribution in [-0.4, -0.2) is 11.6 Å². The van der Waals surface area contributed by atoms with Crippen LogP contribution in [0.3, 0.4) is 0 Å². The molecule has 2 rings (SSSR count). The molecule has 0 N–H and O–H groups in total. The van der Waals surface area contributed by atoms with E-state index in [1.807, 2.05) is 31.2 Å². The summed E-state index contributed by atoms with van der Waals surface area (Å²) in [5, 5.41) is 0. The fourth-order valence-corrected chi connectivity index (χ4v) is 3.47. The molecule has 2 aliphatic rings. The highest BCUT2D eigenvalue weighted by Gasteiger charge is 2.42. The topological polar surface area (TPSA) is 34.1 Å². The second kappa shape index (κ2) is 6.65. The van der Waals surface area contributed by atoms with Gasteiger partial charge in [-0.3, -0.25) is 9.59 Å². The molecule has 4 atom stereocenters. The molecule has 0 unspecified atom stereocenters. The summed E-state index contributed by atoms with van der Waals surface area (Å²) in [6, 6.07) is 0. The molecule has 0 saturated heterocycles. The molecule has 0 amide bonds. The molecule has 0 aromatic carbocycles. The van der Waals surface area contributed by atoms with E-state index in [-0.39, 0.29) is 35.2 Å². The van der Waals surface area contributed by atoms with Gasteiger partial charge in [0.1, 0.15) is 0 Å². The molecule has 0 aliphatic heterocycles. The highest BCUT2D eigenvalue weighted by atomic mass is 16.1. The van der Waals surface area contributed by atoms with Crippen LogP contribution >= 0.6 is 0 Å². The monoisotopic (exact) mass is 270 g/mol. The number of carbonyl (C=O) groups is 2. The first-order valence-electron chi connectivity index (χ1n) is 7.33. The van der Waals surface area contributed by atoms with Crippen molar-refractivity contribution < 1.29 is 9.59 Å². The number of hydrogen-bond acceptors (Lipinski definition) is 2. The number of allylic oxidation sites excluding steroid dienone is 7. The van der Waals surface area contributed by atoms with E-state index in [2.05, 4.69) is 12.7 Å². The maximum Gasteiger partial charge on any atom is 0.159 e. The van der Waals surface area contributed by atoms with E-state index in [1.54, 1.807) is 12.2 Å². The lowest BCUT2D eigenvalue weighted by Gasteiger charge is -2.36. The van der Waals surface area contributed by atoms with Crippen molar-refractivity contribution in [2.75, 3.05) is 0 Å². The minimum Gasteiger partial charge on any atom is -0.295 e. The molecular formula is C18H22O2. The molecule has 0 aromatic heterocycles. The van der Waals surface area contributed by atoms with Gasteiger partial charge in [-0.1, -0.05) is 30.4 Å². The van der Waals surface area contributed by atoms with Gasteiger partial charge in [0.25, 0.3) is 0 Å². The van der Waals surface area contributed by atoms with Crippen molar-refractivity contribution in [1.29, 1.82) is 0 Å². The smallest absolute Gasteiger partial charge is 0.159 e. The van der Waals surface area contributed by atoms with E-state index < -0.39 is 0 Å². The first-order chi connectivity index (χ1) is 9.69. The molecular weight excluding hydrogens is 248 g/mol. The van der Waals surface area contributed by atoms with Gasteiger partial charge in [-0.15, -0.1) is 6.58 Å². The summed E-state index contributed by atoms with van der Waals surface area (Å²) in [6.45, 7) is 5.75. The summed E-state index contributed by atoms with van der Waals surface area (Å²) in [5.74, 6) is 0.145. The molecule has 0 heterocycles. The van der Waals surface area contributed by atoms with Crippen LogP contribution in [0.2, 0.25) is 0 Å². The van der Waals surface area contributed by atoms with Crippen LogP contribution < -0.4 is 0 Å². The van der Waals surface area contributed by atoms with Crippen molar-refractivity contribution >= 4 is 11.6 Å². The first kappa shape index (κ1) is 14.7. The molecule has 0 fully saturated rings. The van der Waals surface area contributed by atoms with Crippen LogP contribution in [0.25, 0.3) is 0 Å². The summed E-state index contributed by atoms with van der Waals surface area (Å²) in [4.78, 5) is 24.7. The number of carbonyl (C=O) groups excluding carboxylic acids is 2. The molecule has 2 heteroatoms. The molecule has 106 valence electrons. The molecule has 0 saturated carbocycles. The maximum atomic E-state index is 12.4. The standard InChI is InChI=1S/C18H22O2/c1-3-7-13-9-5-11-15(19)17(13)18-14(8-4-2)10-6-12-16(18)20/h3-6,8,11-14,17-18H,1,7,9-10H2,2H3/b8-4+/t13-,14-,17+,18+/m1/s1. The average molecular weight is 270 g/mol. The third kappa shape index (κ3) is 2.90. The van der Waals surface area contributed by atoms with Gasteiger partial charge in [0, 0.05) is 11.8 Å². The fraction of sp³-hybridized carbons (Fsp3) is 0.444. The highest BCUT2D eigenvalue weighted by molar-refractivity contribution is 6.00. The average Bonchev–Trinajstić information content (AvgIpc) is 2.42. The lowest BCUT2D eigenvalue weighted by molar-refractivity contribution is -0.131. The lowest BCUT2D eigenvalue weighted by Crippen LogP contribution is -2.40. The number of rotatable bonds is 4. The fourth-order valence-electron chi connectivity index (χ4n) is 3.47. The zero-order chi connectivity index (χ0) is 14.5. The Labute approximate surface area is 120 Å². The highest BCUT2D eigenvalue weighted by Crippen LogP contribution is 2.39. The first-order valence-corrected chi connectivity index (χ1v) is 7.33. The zero-order valence-electron chi connectivity index (χ0n) is 12.0. The van der Waals surface area contributed by atoms with Crippen molar-refractivity contribution in [1.82, 2.24) is 0 Å². The predicted octanol–water partition coefficient (Wildman–Crippen LogP) is 3.66. The molecule has 2 aliphatic carbocycles. The van der Waals surface area contributed by atoms with E-state index in [4.69, 9.17) is 0 Å². The van der Waals surface area contributed by atoms with E-state index in [0.717, 1.165) is 19.3 Å². The van der Waals surface area contributed by atoms with Crippen LogP contribution in [0.1, 0.15) is 26.2 Å². The van der Waals surface area contributed by atoms with E-state index in [9.17, 15) is 9.59 Å². The Bertz CT molecular complexity index is 482. The van der Waals surface area contributed by atoms with E-state index in [0.29, 0.717) is 0 Å². The van der Waals surface area contributed by atoms with Crippen molar-refractivity contribution in [2.45, 2.75) is 26.2 Å². The molecule has 0 radical (unpaired) electrons. The SMILES string of the molecule is C=CC[C@@H]1CC=CC(=O)[C@H]1[C@@H]1C(=O)C=CC[C@H]1/C=C/C. The second-order valence-corrected chi connectivity index (χ2v) is 5.61. The van der Waals surface area contributed by atoms with E-state index >= 15 is 0 Å². The third-order valence-electron chi connectivity index (χ3n) is 4.33. The quantitative estimate of drug-likeness (QED) is 0.731. The maximum absolute atomic E-state index is 12.4. The van der Waals surface area contributed by atoms with Crippen LogP contribution in [0, 0.1) is 23.7 Å². The van der Waals surface area contributed by atoms with Crippen molar-refractivity contribution in [2.24, 2.45) is 23.7 Å².